The molecule has 0 saturated carbocycles. The summed E-state index contributed by atoms with van der Waals surface area (Å²) < 4.78 is 5.20. The Morgan fingerprint density at radius 2 is 1.45 bits per heavy atom. The molecule has 11 heavy (non-hydrogen) atoms. The number of aliphatic hydroxyl groups is 2. The van der Waals surface area contributed by atoms with Crippen LogP contribution in [-0.4, -0.2) is 40.7 Å². The Labute approximate surface area is 66.0 Å². The number of nitrogens with two attached hydrogens (primary N) is 1. The van der Waals surface area contributed by atoms with Gasteiger partial charge < -0.3 is 20.7 Å². The van der Waals surface area contributed by atoms with E-state index in [0.29, 0.717) is 0 Å². The topological polar surface area (TPSA) is 75.7 Å². The Bertz CT molecular complexity index is 128. The lowest BCUT2D eigenvalue weighted by Gasteiger charge is -2.38. The Balaban J connectivity index is 2.63. The average molecular weight is 161 g/mol. The van der Waals surface area contributed by atoms with Crippen molar-refractivity contribution in [2.45, 2.75) is 44.3 Å². The van der Waals surface area contributed by atoms with E-state index in [0.717, 1.165) is 0 Å². The van der Waals surface area contributed by atoms with Crippen LogP contribution in [0.5, 0.6) is 0 Å². The highest BCUT2D eigenvalue weighted by molar-refractivity contribution is 4.91. The van der Waals surface area contributed by atoms with E-state index in [1.165, 1.54) is 0 Å². The summed E-state index contributed by atoms with van der Waals surface area (Å²) in [6, 6.07) is -0.589. The van der Waals surface area contributed by atoms with Gasteiger partial charge in [-0.2, -0.15) is 0 Å². The summed E-state index contributed by atoms with van der Waals surface area (Å²) in [4.78, 5) is 0. The monoisotopic (exact) mass is 161 g/mol. The van der Waals surface area contributed by atoms with Gasteiger partial charge in [-0.05, 0) is 13.8 Å². The Morgan fingerprint density at radius 1 is 1.09 bits per heavy atom. The van der Waals surface area contributed by atoms with E-state index >= 15 is 0 Å². The van der Waals surface area contributed by atoms with Crippen molar-refractivity contribution >= 4 is 0 Å². The third kappa shape index (κ3) is 1.54. The molecule has 1 aliphatic rings. The summed E-state index contributed by atoms with van der Waals surface area (Å²) in [5.41, 5.74) is 5.52. The molecule has 0 bridgehead atoms. The molecular weight excluding hydrogens is 146 g/mol. The van der Waals surface area contributed by atoms with Crippen molar-refractivity contribution in [2.75, 3.05) is 0 Å². The van der Waals surface area contributed by atoms with Crippen molar-refractivity contribution < 1.29 is 14.9 Å². The molecule has 4 heteroatoms. The van der Waals surface area contributed by atoms with Crippen LogP contribution < -0.4 is 5.73 Å². The lowest BCUT2D eigenvalue weighted by molar-refractivity contribution is -0.165. The van der Waals surface area contributed by atoms with Crippen molar-refractivity contribution in [3.8, 4) is 0 Å². The van der Waals surface area contributed by atoms with E-state index in [1.807, 2.05) is 0 Å². The van der Waals surface area contributed by atoms with Gasteiger partial charge in [-0.3, -0.25) is 0 Å². The number of hydrogen-bond acceptors (Lipinski definition) is 4. The van der Waals surface area contributed by atoms with Crippen molar-refractivity contribution in [1.82, 2.24) is 0 Å². The van der Waals surface area contributed by atoms with Gasteiger partial charge >= 0.3 is 0 Å². The van der Waals surface area contributed by atoms with Crippen molar-refractivity contribution in [1.29, 1.82) is 0 Å². The summed E-state index contributed by atoms with van der Waals surface area (Å²) in [6.45, 7) is 3.49. The minimum atomic E-state index is -0.763. The normalized spacial score (nSPS) is 52.6. The van der Waals surface area contributed by atoms with E-state index in [2.05, 4.69) is 0 Å². The highest BCUT2D eigenvalue weighted by atomic mass is 16.5. The van der Waals surface area contributed by atoms with Crippen LogP contribution in [0.1, 0.15) is 13.8 Å². The van der Waals surface area contributed by atoms with Gasteiger partial charge in [-0.25, -0.2) is 0 Å². The second kappa shape index (κ2) is 3.06. The molecule has 1 heterocycles. The van der Waals surface area contributed by atoms with Gasteiger partial charge in [0.15, 0.2) is 0 Å². The minimum Gasteiger partial charge on any atom is -0.389 e. The molecule has 66 valence electrons. The van der Waals surface area contributed by atoms with Gasteiger partial charge in [0.25, 0.3) is 0 Å². The molecule has 1 saturated heterocycles. The van der Waals surface area contributed by atoms with Gasteiger partial charge in [-0.1, -0.05) is 0 Å². The fraction of sp³-hybridized carbons (Fsp3) is 1.00. The van der Waals surface area contributed by atoms with Crippen LogP contribution in [0.15, 0.2) is 0 Å². The number of ether oxygens (including phenoxy) is 1. The molecule has 1 fully saturated rings. The largest absolute Gasteiger partial charge is 0.389 e. The number of rotatable bonds is 0. The van der Waals surface area contributed by atoms with Gasteiger partial charge in [0, 0.05) is 0 Å². The molecule has 1 rings (SSSR count). The molecule has 0 spiro atoms. The van der Waals surface area contributed by atoms with Gasteiger partial charge in [-0.15, -0.1) is 0 Å². The van der Waals surface area contributed by atoms with Gasteiger partial charge in [0.2, 0.25) is 0 Å². The first-order valence-corrected chi connectivity index (χ1v) is 3.81. The van der Waals surface area contributed by atoms with E-state index in [4.69, 9.17) is 10.5 Å². The SMILES string of the molecule is CC1OC(C)[C@@H](O)C(N)C1O. The van der Waals surface area contributed by atoms with Gasteiger partial charge in [0.05, 0.1) is 30.5 Å². The maximum atomic E-state index is 9.32. The smallest absolute Gasteiger partial charge is 0.0975 e. The second-order valence-corrected chi connectivity index (χ2v) is 3.10. The summed E-state index contributed by atoms with van der Waals surface area (Å²) >= 11 is 0. The van der Waals surface area contributed by atoms with E-state index in [1.54, 1.807) is 13.8 Å². The van der Waals surface area contributed by atoms with Crippen LogP contribution in [0.2, 0.25) is 0 Å². The number of aliphatic hydroxyl groups excluding tert-OH is 2. The second-order valence-electron chi connectivity index (χ2n) is 3.10. The van der Waals surface area contributed by atoms with Crippen molar-refractivity contribution in [3.63, 3.8) is 0 Å². The molecule has 0 radical (unpaired) electrons. The molecule has 5 atom stereocenters. The molecule has 4 nitrogen and oxygen atoms in total. The third-order valence-corrected chi connectivity index (χ3v) is 2.18. The molecular formula is C7H15NO3. The first kappa shape index (κ1) is 8.93. The standard InChI is InChI=1S/C7H15NO3/c1-3-6(9)5(8)7(10)4(2)11-3/h3-7,9-10H,8H2,1-2H3/t3?,4?,5?,6-,7?/m1/s1. The van der Waals surface area contributed by atoms with E-state index in [-0.39, 0.29) is 12.2 Å². The summed E-state index contributed by atoms with van der Waals surface area (Å²) in [5.74, 6) is 0. The quantitative estimate of drug-likeness (QED) is 0.419. The highest BCUT2D eigenvalue weighted by Crippen LogP contribution is 2.18. The van der Waals surface area contributed by atoms with Crippen LogP contribution in [0, 0.1) is 0 Å². The van der Waals surface area contributed by atoms with Crippen LogP contribution >= 0.6 is 0 Å². The number of hydrogen-bond donors (Lipinski definition) is 3. The third-order valence-electron chi connectivity index (χ3n) is 2.18. The predicted molar refractivity (Wildman–Crippen MR) is 40.0 cm³/mol. The molecule has 4 N–H and O–H groups in total. The average Bonchev–Trinajstić information content (AvgIpc) is 1.97. The zero-order valence-corrected chi connectivity index (χ0v) is 6.77. The molecule has 4 unspecified atom stereocenters. The highest BCUT2D eigenvalue weighted by Gasteiger charge is 2.38. The molecule has 0 aliphatic carbocycles. The maximum Gasteiger partial charge on any atom is 0.0975 e. The Morgan fingerprint density at radius 3 is 1.82 bits per heavy atom. The summed E-state index contributed by atoms with van der Waals surface area (Å²) in [6.07, 6.45) is -2.10. The maximum absolute atomic E-state index is 9.32. The summed E-state index contributed by atoms with van der Waals surface area (Å²) in [5, 5.41) is 18.6. The van der Waals surface area contributed by atoms with E-state index < -0.39 is 18.2 Å². The lowest BCUT2D eigenvalue weighted by Crippen LogP contribution is -2.59. The zero-order chi connectivity index (χ0) is 8.59. The molecule has 0 aromatic heterocycles. The van der Waals surface area contributed by atoms with E-state index in [9.17, 15) is 10.2 Å². The fourth-order valence-electron chi connectivity index (χ4n) is 1.33. The predicted octanol–water partition coefficient (Wildman–Crippen LogP) is -1.16. The van der Waals surface area contributed by atoms with Crippen LogP contribution in [0.3, 0.4) is 0 Å². The first-order valence-electron chi connectivity index (χ1n) is 3.81. The molecule has 0 aromatic carbocycles. The zero-order valence-electron chi connectivity index (χ0n) is 6.77. The van der Waals surface area contributed by atoms with Crippen LogP contribution in [0.4, 0.5) is 0 Å². The van der Waals surface area contributed by atoms with Gasteiger partial charge in [0.1, 0.15) is 0 Å². The molecule has 0 amide bonds. The summed E-state index contributed by atoms with van der Waals surface area (Å²) in [7, 11) is 0. The fourth-order valence-corrected chi connectivity index (χ4v) is 1.33. The minimum absolute atomic E-state index is 0.289. The van der Waals surface area contributed by atoms with Crippen LogP contribution in [0.25, 0.3) is 0 Å². The molecule has 1 aliphatic heterocycles. The Hall–Kier alpha value is -0.160. The molecule has 0 aromatic rings. The lowest BCUT2D eigenvalue weighted by atomic mass is 9.95. The first-order chi connectivity index (χ1) is 5.04. The van der Waals surface area contributed by atoms with Crippen LogP contribution in [-0.2, 0) is 4.74 Å². The van der Waals surface area contributed by atoms with Crippen molar-refractivity contribution in [3.05, 3.63) is 0 Å². The van der Waals surface area contributed by atoms with Crippen molar-refractivity contribution in [2.24, 2.45) is 5.73 Å². The Kier molecular flexibility index (Phi) is 2.49.